The molecule has 0 aromatic heterocycles. The molecule has 0 fully saturated rings. The Balaban J connectivity index is 4.02. The minimum Gasteiger partial charge on any atom is -0.398 e. The zero-order valence-corrected chi connectivity index (χ0v) is 8.60. The lowest BCUT2D eigenvalue weighted by atomic mass is 10.4. The van der Waals surface area contributed by atoms with Gasteiger partial charge in [0.2, 0.25) is 0 Å². The van der Waals surface area contributed by atoms with Gasteiger partial charge < -0.3 is 8.85 Å². The van der Waals surface area contributed by atoms with Gasteiger partial charge in [-0.3, -0.25) is 0 Å². The standard InChI is InChI=1S/C7H18O2Si/c1-6-7(2)10(5,8-3)9-4/h7H,6H2,1-5H3. The molecule has 0 aliphatic heterocycles. The maximum atomic E-state index is 5.36. The normalized spacial score (nSPS) is 15.3. The van der Waals surface area contributed by atoms with E-state index in [-0.39, 0.29) is 0 Å². The first-order valence-electron chi connectivity index (χ1n) is 3.71. The van der Waals surface area contributed by atoms with Gasteiger partial charge in [0.1, 0.15) is 0 Å². The minimum atomic E-state index is -1.80. The summed E-state index contributed by atoms with van der Waals surface area (Å²) in [7, 11) is 1.68. The van der Waals surface area contributed by atoms with E-state index in [2.05, 4.69) is 20.4 Å². The van der Waals surface area contributed by atoms with Crippen LogP contribution in [-0.2, 0) is 8.85 Å². The number of hydrogen-bond acceptors (Lipinski definition) is 2. The van der Waals surface area contributed by atoms with E-state index < -0.39 is 8.56 Å². The van der Waals surface area contributed by atoms with Crippen molar-refractivity contribution in [2.24, 2.45) is 0 Å². The van der Waals surface area contributed by atoms with Gasteiger partial charge in [-0.2, -0.15) is 0 Å². The molecule has 1 unspecified atom stereocenters. The van der Waals surface area contributed by atoms with E-state index in [0.717, 1.165) is 6.42 Å². The largest absolute Gasteiger partial charge is 0.398 e. The Labute approximate surface area is 64.8 Å². The summed E-state index contributed by atoms with van der Waals surface area (Å²) in [6.07, 6.45) is 1.13. The van der Waals surface area contributed by atoms with E-state index >= 15 is 0 Å². The molecule has 0 heterocycles. The van der Waals surface area contributed by atoms with Crippen molar-refractivity contribution in [1.29, 1.82) is 0 Å². The highest BCUT2D eigenvalue weighted by atomic mass is 28.4. The fraction of sp³-hybridized carbons (Fsp3) is 1.00. The molecule has 0 amide bonds. The van der Waals surface area contributed by atoms with Crippen LogP contribution in [-0.4, -0.2) is 22.8 Å². The smallest absolute Gasteiger partial charge is 0.337 e. The molecular weight excluding hydrogens is 144 g/mol. The third kappa shape index (κ3) is 2.07. The quantitative estimate of drug-likeness (QED) is 0.590. The maximum absolute atomic E-state index is 5.36. The average Bonchev–Trinajstić information content (AvgIpc) is 2.01. The Morgan fingerprint density at radius 2 is 1.70 bits per heavy atom. The SMILES string of the molecule is CCC(C)[Si](C)(OC)OC. The summed E-state index contributed by atoms with van der Waals surface area (Å²) in [6, 6.07) is 0. The monoisotopic (exact) mass is 162 g/mol. The molecule has 0 saturated carbocycles. The van der Waals surface area contributed by atoms with Crippen LogP contribution in [0.4, 0.5) is 0 Å². The minimum absolute atomic E-state index is 0.572. The second-order valence-corrected chi connectivity index (χ2v) is 6.57. The van der Waals surface area contributed by atoms with Gasteiger partial charge in [0, 0.05) is 14.2 Å². The second-order valence-electron chi connectivity index (χ2n) is 2.73. The zero-order chi connectivity index (χ0) is 8.20. The molecule has 0 aromatic carbocycles. The summed E-state index contributed by atoms with van der Waals surface area (Å²) in [5.41, 5.74) is 0.572. The molecular formula is C7H18O2Si. The van der Waals surface area contributed by atoms with Crippen molar-refractivity contribution in [3.63, 3.8) is 0 Å². The topological polar surface area (TPSA) is 18.5 Å². The van der Waals surface area contributed by atoms with Crippen molar-refractivity contribution in [1.82, 2.24) is 0 Å². The molecule has 0 saturated heterocycles. The molecule has 1 atom stereocenters. The van der Waals surface area contributed by atoms with Crippen LogP contribution in [0.1, 0.15) is 20.3 Å². The molecule has 2 nitrogen and oxygen atoms in total. The Morgan fingerprint density at radius 3 is 1.80 bits per heavy atom. The average molecular weight is 162 g/mol. The van der Waals surface area contributed by atoms with Crippen molar-refractivity contribution in [3.8, 4) is 0 Å². The van der Waals surface area contributed by atoms with E-state index in [1.807, 2.05) is 0 Å². The molecule has 0 aliphatic rings. The summed E-state index contributed by atoms with van der Waals surface area (Å²) in [6.45, 7) is 6.44. The van der Waals surface area contributed by atoms with Crippen LogP contribution in [0.15, 0.2) is 0 Å². The predicted molar refractivity (Wildman–Crippen MR) is 45.4 cm³/mol. The maximum Gasteiger partial charge on any atom is 0.337 e. The molecule has 0 bridgehead atoms. The molecule has 62 valence electrons. The first kappa shape index (κ1) is 10.1. The van der Waals surface area contributed by atoms with Crippen LogP contribution < -0.4 is 0 Å². The third-order valence-electron chi connectivity index (χ3n) is 2.32. The number of hydrogen-bond donors (Lipinski definition) is 0. The van der Waals surface area contributed by atoms with Crippen molar-refractivity contribution in [2.45, 2.75) is 32.4 Å². The Bertz CT molecular complexity index is 91.6. The molecule has 0 aromatic rings. The van der Waals surface area contributed by atoms with Crippen LogP contribution in [0.25, 0.3) is 0 Å². The molecule has 0 N–H and O–H groups in total. The van der Waals surface area contributed by atoms with Crippen LogP contribution >= 0.6 is 0 Å². The van der Waals surface area contributed by atoms with E-state index in [1.54, 1.807) is 14.2 Å². The Kier molecular flexibility index (Phi) is 4.16. The second kappa shape index (κ2) is 4.11. The zero-order valence-electron chi connectivity index (χ0n) is 7.60. The summed E-state index contributed by atoms with van der Waals surface area (Å²) < 4.78 is 10.7. The molecule has 3 heteroatoms. The fourth-order valence-corrected chi connectivity index (χ4v) is 2.57. The predicted octanol–water partition coefficient (Wildman–Crippen LogP) is 2.15. The van der Waals surface area contributed by atoms with Gasteiger partial charge in [-0.05, 0) is 12.1 Å². The van der Waals surface area contributed by atoms with Gasteiger partial charge in [0.25, 0.3) is 0 Å². The Hall–Kier alpha value is 0.137. The van der Waals surface area contributed by atoms with Gasteiger partial charge in [-0.15, -0.1) is 0 Å². The molecule has 0 rings (SSSR count). The fourth-order valence-electron chi connectivity index (χ4n) is 0.856. The van der Waals surface area contributed by atoms with E-state index in [1.165, 1.54) is 0 Å². The highest BCUT2D eigenvalue weighted by Crippen LogP contribution is 2.25. The lowest BCUT2D eigenvalue weighted by Crippen LogP contribution is -2.40. The van der Waals surface area contributed by atoms with Gasteiger partial charge in [0.05, 0.1) is 0 Å². The third-order valence-corrected chi connectivity index (χ3v) is 6.14. The summed E-state index contributed by atoms with van der Waals surface area (Å²) in [5.74, 6) is 0. The van der Waals surface area contributed by atoms with Crippen molar-refractivity contribution in [3.05, 3.63) is 0 Å². The first-order chi connectivity index (χ1) is 4.60. The lowest BCUT2D eigenvalue weighted by Gasteiger charge is -2.28. The molecule has 0 spiro atoms. The summed E-state index contributed by atoms with van der Waals surface area (Å²) >= 11 is 0. The van der Waals surface area contributed by atoms with E-state index in [9.17, 15) is 0 Å². The van der Waals surface area contributed by atoms with Crippen LogP contribution in [0, 0.1) is 0 Å². The highest BCUT2D eigenvalue weighted by Gasteiger charge is 2.34. The van der Waals surface area contributed by atoms with Crippen LogP contribution in [0.5, 0.6) is 0 Å². The van der Waals surface area contributed by atoms with Gasteiger partial charge in [-0.25, -0.2) is 0 Å². The van der Waals surface area contributed by atoms with Crippen LogP contribution in [0.3, 0.4) is 0 Å². The van der Waals surface area contributed by atoms with Crippen molar-refractivity contribution >= 4 is 8.56 Å². The summed E-state index contributed by atoms with van der Waals surface area (Å²) in [5, 5.41) is 0. The van der Waals surface area contributed by atoms with Gasteiger partial charge in [-0.1, -0.05) is 20.3 Å². The van der Waals surface area contributed by atoms with E-state index in [4.69, 9.17) is 8.85 Å². The molecule has 0 aliphatic carbocycles. The number of rotatable bonds is 4. The van der Waals surface area contributed by atoms with Gasteiger partial charge in [0.15, 0.2) is 0 Å². The summed E-state index contributed by atoms with van der Waals surface area (Å²) in [4.78, 5) is 0. The molecule has 10 heavy (non-hydrogen) atoms. The highest BCUT2D eigenvalue weighted by molar-refractivity contribution is 6.67. The van der Waals surface area contributed by atoms with Crippen molar-refractivity contribution < 1.29 is 8.85 Å². The Morgan fingerprint density at radius 1 is 1.30 bits per heavy atom. The first-order valence-corrected chi connectivity index (χ1v) is 6.10. The lowest BCUT2D eigenvalue weighted by molar-refractivity contribution is 0.237. The van der Waals surface area contributed by atoms with Crippen LogP contribution in [0.2, 0.25) is 12.1 Å². The van der Waals surface area contributed by atoms with Crippen molar-refractivity contribution in [2.75, 3.05) is 14.2 Å². The van der Waals surface area contributed by atoms with E-state index in [0.29, 0.717) is 5.54 Å². The van der Waals surface area contributed by atoms with Gasteiger partial charge >= 0.3 is 8.56 Å². The molecule has 0 radical (unpaired) electrons.